The molecule has 0 saturated heterocycles. The van der Waals surface area contributed by atoms with Crippen molar-refractivity contribution in [2.75, 3.05) is 13.2 Å². The van der Waals surface area contributed by atoms with Gasteiger partial charge >= 0.3 is 0 Å². The van der Waals surface area contributed by atoms with Gasteiger partial charge in [-0.1, -0.05) is 30.1 Å². The lowest BCUT2D eigenvalue weighted by atomic mass is 10.1. The maximum absolute atomic E-state index is 11.7. The first kappa shape index (κ1) is 13.5. The van der Waals surface area contributed by atoms with Crippen molar-refractivity contribution in [2.45, 2.75) is 19.4 Å². The van der Waals surface area contributed by atoms with Crippen molar-refractivity contribution < 1.29 is 19.4 Å². The van der Waals surface area contributed by atoms with Gasteiger partial charge in [0.05, 0.1) is 11.6 Å². The van der Waals surface area contributed by atoms with E-state index in [2.05, 4.69) is 0 Å². The fraction of sp³-hybridized carbons (Fsp3) is 0.417. The molecule has 18 heavy (non-hydrogen) atoms. The molecule has 1 atom stereocenters. The zero-order valence-corrected chi connectivity index (χ0v) is 11.2. The fourth-order valence-corrected chi connectivity index (χ4v) is 2.16. The molecule has 0 saturated carbocycles. The SMILES string of the molecule is CCC(=O)c1cc2c(c(Cl)c1Cl)OC(CO)CO2. The van der Waals surface area contributed by atoms with Crippen molar-refractivity contribution in [2.24, 2.45) is 0 Å². The standard InChI is InChI=1S/C12H12Cl2O4/c1-2-8(16)7-3-9-12(11(14)10(7)13)18-6(4-15)5-17-9/h3,6,15H,2,4-5H2,1H3. The van der Waals surface area contributed by atoms with Gasteiger partial charge in [-0.05, 0) is 6.07 Å². The molecule has 0 radical (unpaired) electrons. The molecule has 0 aliphatic carbocycles. The van der Waals surface area contributed by atoms with Crippen molar-refractivity contribution in [1.82, 2.24) is 0 Å². The van der Waals surface area contributed by atoms with Crippen LogP contribution in [0.25, 0.3) is 0 Å². The molecule has 1 unspecified atom stereocenters. The molecule has 1 aromatic rings. The Morgan fingerprint density at radius 1 is 1.50 bits per heavy atom. The molecule has 98 valence electrons. The molecule has 4 nitrogen and oxygen atoms in total. The van der Waals surface area contributed by atoms with Crippen LogP contribution in [0.3, 0.4) is 0 Å². The summed E-state index contributed by atoms with van der Waals surface area (Å²) in [6, 6.07) is 1.53. The molecular weight excluding hydrogens is 279 g/mol. The molecule has 2 rings (SSSR count). The number of fused-ring (bicyclic) bond motifs is 1. The number of rotatable bonds is 3. The summed E-state index contributed by atoms with van der Waals surface area (Å²) in [5.41, 5.74) is 0.328. The highest BCUT2D eigenvalue weighted by atomic mass is 35.5. The molecule has 6 heteroatoms. The number of halogens is 2. The summed E-state index contributed by atoms with van der Waals surface area (Å²) in [5, 5.41) is 9.32. The molecule has 1 aromatic carbocycles. The van der Waals surface area contributed by atoms with Gasteiger partial charge < -0.3 is 14.6 Å². The van der Waals surface area contributed by atoms with Gasteiger partial charge in [-0.25, -0.2) is 0 Å². The monoisotopic (exact) mass is 290 g/mol. The van der Waals surface area contributed by atoms with E-state index in [4.69, 9.17) is 37.8 Å². The summed E-state index contributed by atoms with van der Waals surface area (Å²) in [4.78, 5) is 11.7. The number of ketones is 1. The summed E-state index contributed by atoms with van der Waals surface area (Å²) >= 11 is 12.1. The molecule has 1 heterocycles. The fourth-order valence-electron chi connectivity index (χ4n) is 1.67. The van der Waals surface area contributed by atoms with Crippen molar-refractivity contribution in [3.05, 3.63) is 21.7 Å². The van der Waals surface area contributed by atoms with Gasteiger partial charge in [0.2, 0.25) is 0 Å². The zero-order chi connectivity index (χ0) is 13.3. The molecule has 0 spiro atoms. The molecular formula is C12H12Cl2O4. The molecule has 0 bridgehead atoms. The first-order valence-electron chi connectivity index (χ1n) is 5.54. The van der Waals surface area contributed by atoms with Crippen LogP contribution in [0.1, 0.15) is 23.7 Å². The second kappa shape index (κ2) is 5.34. The smallest absolute Gasteiger partial charge is 0.182 e. The maximum atomic E-state index is 11.7. The van der Waals surface area contributed by atoms with Crippen molar-refractivity contribution in [3.63, 3.8) is 0 Å². The third kappa shape index (κ3) is 2.28. The van der Waals surface area contributed by atoms with Crippen LogP contribution < -0.4 is 9.47 Å². The first-order chi connectivity index (χ1) is 8.58. The lowest BCUT2D eigenvalue weighted by Crippen LogP contribution is -2.32. The van der Waals surface area contributed by atoms with Crippen LogP contribution in [0.15, 0.2) is 6.07 Å². The van der Waals surface area contributed by atoms with E-state index < -0.39 is 6.10 Å². The van der Waals surface area contributed by atoms with Gasteiger partial charge in [-0.15, -0.1) is 0 Å². The van der Waals surface area contributed by atoms with Crippen LogP contribution in [0.5, 0.6) is 11.5 Å². The Labute approximate surface area is 114 Å². The van der Waals surface area contributed by atoms with E-state index >= 15 is 0 Å². The number of aliphatic hydroxyl groups excluding tert-OH is 1. The molecule has 1 aliphatic heterocycles. The molecule has 1 N–H and O–H groups in total. The Hall–Kier alpha value is -0.970. The summed E-state index contributed by atoms with van der Waals surface area (Å²) in [6.07, 6.45) is -0.145. The Kier molecular flexibility index (Phi) is 4.00. The number of Topliss-reactive ketones (excluding diaryl/α,β-unsaturated/α-hetero) is 1. The van der Waals surface area contributed by atoms with E-state index in [-0.39, 0.29) is 34.8 Å². The van der Waals surface area contributed by atoms with Crippen molar-refractivity contribution in [1.29, 1.82) is 0 Å². The summed E-state index contributed by atoms with van der Waals surface area (Å²) in [7, 11) is 0. The van der Waals surface area contributed by atoms with Gasteiger partial charge in [-0.3, -0.25) is 4.79 Å². The summed E-state index contributed by atoms with van der Waals surface area (Å²) < 4.78 is 10.9. The number of aliphatic hydroxyl groups is 1. The second-order valence-electron chi connectivity index (χ2n) is 3.89. The molecule has 0 fully saturated rings. The Morgan fingerprint density at radius 3 is 2.83 bits per heavy atom. The van der Waals surface area contributed by atoms with Crippen LogP contribution in [0, 0.1) is 0 Å². The molecule has 1 aliphatic rings. The third-order valence-electron chi connectivity index (χ3n) is 2.66. The Balaban J connectivity index is 2.48. The maximum Gasteiger partial charge on any atom is 0.182 e. The number of hydrogen-bond donors (Lipinski definition) is 1. The number of carbonyl (C=O) groups excluding carboxylic acids is 1. The van der Waals surface area contributed by atoms with Crippen LogP contribution in [0.2, 0.25) is 10.0 Å². The number of hydrogen-bond acceptors (Lipinski definition) is 4. The predicted molar refractivity (Wildman–Crippen MR) is 68.1 cm³/mol. The lowest BCUT2D eigenvalue weighted by Gasteiger charge is -2.26. The van der Waals surface area contributed by atoms with Crippen LogP contribution in [-0.2, 0) is 0 Å². The van der Waals surface area contributed by atoms with Gasteiger partial charge in [0.25, 0.3) is 0 Å². The highest BCUT2D eigenvalue weighted by molar-refractivity contribution is 6.45. The largest absolute Gasteiger partial charge is 0.486 e. The van der Waals surface area contributed by atoms with E-state index in [9.17, 15) is 4.79 Å². The van der Waals surface area contributed by atoms with Crippen LogP contribution in [-0.4, -0.2) is 30.2 Å². The quantitative estimate of drug-likeness (QED) is 0.870. The molecule has 0 amide bonds. The van der Waals surface area contributed by atoms with Gasteiger partial charge in [0, 0.05) is 12.0 Å². The van der Waals surface area contributed by atoms with Crippen LogP contribution >= 0.6 is 23.2 Å². The number of ether oxygens (including phenoxy) is 2. The van der Waals surface area contributed by atoms with E-state index in [1.54, 1.807) is 6.92 Å². The van der Waals surface area contributed by atoms with E-state index in [1.165, 1.54) is 6.07 Å². The topological polar surface area (TPSA) is 55.8 Å². The summed E-state index contributed by atoms with van der Waals surface area (Å²) in [6.45, 7) is 1.77. The van der Waals surface area contributed by atoms with Gasteiger partial charge in [-0.2, -0.15) is 0 Å². The number of carbonyl (C=O) groups is 1. The zero-order valence-electron chi connectivity index (χ0n) is 9.70. The first-order valence-corrected chi connectivity index (χ1v) is 6.29. The minimum Gasteiger partial charge on any atom is -0.486 e. The highest BCUT2D eigenvalue weighted by Gasteiger charge is 2.27. The van der Waals surface area contributed by atoms with E-state index in [1.807, 2.05) is 0 Å². The molecule has 0 aromatic heterocycles. The predicted octanol–water partition coefficient (Wildman–Crippen LogP) is 2.72. The minimum absolute atomic E-state index is 0.113. The van der Waals surface area contributed by atoms with Crippen molar-refractivity contribution >= 4 is 29.0 Å². The average Bonchev–Trinajstić information content (AvgIpc) is 2.41. The summed E-state index contributed by atoms with van der Waals surface area (Å²) in [5.74, 6) is 0.545. The minimum atomic E-state index is -0.473. The third-order valence-corrected chi connectivity index (χ3v) is 3.51. The normalized spacial score (nSPS) is 17.7. The van der Waals surface area contributed by atoms with Crippen molar-refractivity contribution in [3.8, 4) is 11.5 Å². The van der Waals surface area contributed by atoms with E-state index in [0.29, 0.717) is 17.7 Å². The van der Waals surface area contributed by atoms with Gasteiger partial charge in [0.1, 0.15) is 11.6 Å². The Morgan fingerprint density at radius 2 is 2.22 bits per heavy atom. The number of benzene rings is 1. The van der Waals surface area contributed by atoms with E-state index in [0.717, 1.165) is 0 Å². The average molecular weight is 291 g/mol. The Bertz CT molecular complexity index is 487. The second-order valence-corrected chi connectivity index (χ2v) is 4.65. The van der Waals surface area contributed by atoms with Crippen LogP contribution in [0.4, 0.5) is 0 Å². The lowest BCUT2D eigenvalue weighted by molar-refractivity contribution is 0.0456. The highest BCUT2D eigenvalue weighted by Crippen LogP contribution is 2.44. The van der Waals surface area contributed by atoms with Gasteiger partial charge in [0.15, 0.2) is 23.4 Å².